The molecule has 2 aromatic rings. The fourth-order valence-corrected chi connectivity index (χ4v) is 2.82. The minimum atomic E-state index is 0.533. The predicted molar refractivity (Wildman–Crippen MR) is 79.8 cm³/mol. The maximum atomic E-state index is 5.91. The van der Waals surface area contributed by atoms with Gasteiger partial charge in [0, 0.05) is 17.5 Å². The summed E-state index contributed by atoms with van der Waals surface area (Å²) in [5.41, 5.74) is 6.47. The number of pyridine rings is 1. The van der Waals surface area contributed by atoms with Crippen LogP contribution in [0, 0.1) is 0 Å². The Labute approximate surface area is 126 Å². The zero-order valence-electron chi connectivity index (χ0n) is 10.6. The maximum Gasteiger partial charge on any atom is 0.162 e. The first-order chi connectivity index (χ1) is 9.72. The van der Waals surface area contributed by atoms with E-state index >= 15 is 0 Å². The lowest BCUT2D eigenvalue weighted by atomic mass is 10.3. The first-order valence-electron chi connectivity index (χ1n) is 6.21. The number of hydrogen-bond acceptors (Lipinski definition) is 5. The van der Waals surface area contributed by atoms with E-state index in [-0.39, 0.29) is 0 Å². The van der Waals surface area contributed by atoms with E-state index in [0.29, 0.717) is 23.9 Å². The van der Waals surface area contributed by atoms with Gasteiger partial charge in [-0.2, -0.15) is 0 Å². The zero-order valence-corrected chi connectivity index (χ0v) is 12.2. The van der Waals surface area contributed by atoms with Crippen LogP contribution in [0.5, 0.6) is 11.5 Å². The smallest absolute Gasteiger partial charge is 0.162 e. The fraction of sp³-hybridized carbons (Fsp3) is 0.214. The second kappa shape index (κ2) is 5.81. The highest BCUT2D eigenvalue weighted by atomic mass is 35.5. The quantitative estimate of drug-likeness (QED) is 0.918. The van der Waals surface area contributed by atoms with Crippen molar-refractivity contribution in [3.05, 3.63) is 35.5 Å². The molecule has 2 heterocycles. The zero-order chi connectivity index (χ0) is 13.9. The van der Waals surface area contributed by atoms with Crippen LogP contribution < -0.4 is 15.2 Å². The molecular formula is C14H13ClN2O2S. The lowest BCUT2D eigenvalue weighted by molar-refractivity contribution is 0.297. The van der Waals surface area contributed by atoms with Crippen molar-refractivity contribution in [2.75, 3.05) is 18.9 Å². The Morgan fingerprint density at radius 3 is 2.75 bits per heavy atom. The van der Waals surface area contributed by atoms with Gasteiger partial charge in [-0.1, -0.05) is 23.4 Å². The van der Waals surface area contributed by atoms with E-state index in [0.717, 1.165) is 27.8 Å². The predicted octanol–water partition coefficient (Wildman–Crippen LogP) is 3.63. The molecule has 0 saturated heterocycles. The van der Waals surface area contributed by atoms with Crippen molar-refractivity contribution in [1.29, 1.82) is 0 Å². The van der Waals surface area contributed by atoms with E-state index in [9.17, 15) is 0 Å². The SMILES string of the molecule is Nc1cc(Cl)cnc1Sc1ccc2c(c1)OCCCO2. The minimum Gasteiger partial charge on any atom is -0.490 e. The molecule has 1 aliphatic rings. The van der Waals surface area contributed by atoms with Gasteiger partial charge in [0.15, 0.2) is 11.5 Å². The van der Waals surface area contributed by atoms with Crippen molar-refractivity contribution in [2.45, 2.75) is 16.3 Å². The molecule has 0 aliphatic carbocycles. The maximum absolute atomic E-state index is 5.91. The second-order valence-electron chi connectivity index (χ2n) is 4.31. The van der Waals surface area contributed by atoms with Crippen LogP contribution in [-0.4, -0.2) is 18.2 Å². The number of hydrogen-bond donors (Lipinski definition) is 1. The Hall–Kier alpha value is -1.59. The summed E-state index contributed by atoms with van der Waals surface area (Å²) in [6, 6.07) is 7.52. The molecule has 2 N–H and O–H groups in total. The van der Waals surface area contributed by atoms with Gasteiger partial charge in [-0.05, 0) is 24.3 Å². The topological polar surface area (TPSA) is 57.4 Å². The van der Waals surface area contributed by atoms with Crippen LogP contribution in [0.15, 0.2) is 40.4 Å². The van der Waals surface area contributed by atoms with Crippen molar-refractivity contribution in [2.24, 2.45) is 0 Å². The molecule has 0 spiro atoms. The molecule has 0 amide bonds. The van der Waals surface area contributed by atoms with Crippen LogP contribution in [0.25, 0.3) is 0 Å². The highest BCUT2D eigenvalue weighted by molar-refractivity contribution is 7.99. The van der Waals surface area contributed by atoms with Crippen molar-refractivity contribution >= 4 is 29.1 Å². The Morgan fingerprint density at radius 2 is 1.95 bits per heavy atom. The van der Waals surface area contributed by atoms with Gasteiger partial charge in [0.25, 0.3) is 0 Å². The van der Waals surface area contributed by atoms with Crippen molar-refractivity contribution < 1.29 is 9.47 Å². The summed E-state index contributed by atoms with van der Waals surface area (Å²) in [6.45, 7) is 1.35. The average molecular weight is 309 g/mol. The van der Waals surface area contributed by atoms with Gasteiger partial charge in [0.05, 0.1) is 23.9 Å². The number of nitrogens with zero attached hydrogens (tertiary/aromatic N) is 1. The summed E-state index contributed by atoms with van der Waals surface area (Å²) in [5, 5.41) is 1.26. The molecule has 3 rings (SSSR count). The minimum absolute atomic E-state index is 0.533. The van der Waals surface area contributed by atoms with Gasteiger partial charge in [-0.25, -0.2) is 4.98 Å². The lowest BCUT2D eigenvalue weighted by Crippen LogP contribution is -1.97. The van der Waals surface area contributed by atoms with Crippen molar-refractivity contribution in [3.63, 3.8) is 0 Å². The Balaban J connectivity index is 1.86. The van der Waals surface area contributed by atoms with Gasteiger partial charge in [-0.15, -0.1) is 0 Å². The fourth-order valence-electron chi connectivity index (χ4n) is 1.85. The third-order valence-corrected chi connectivity index (χ3v) is 4.01. The first-order valence-corrected chi connectivity index (χ1v) is 7.40. The van der Waals surface area contributed by atoms with Crippen LogP contribution in [-0.2, 0) is 0 Å². The molecule has 0 saturated carbocycles. The summed E-state index contributed by atoms with van der Waals surface area (Å²) in [7, 11) is 0. The number of fused-ring (bicyclic) bond motifs is 1. The van der Waals surface area contributed by atoms with Gasteiger partial charge in [0.2, 0.25) is 0 Å². The second-order valence-corrected chi connectivity index (χ2v) is 5.81. The number of nitrogen functional groups attached to an aromatic ring is 1. The number of halogens is 1. The Morgan fingerprint density at radius 1 is 1.15 bits per heavy atom. The van der Waals surface area contributed by atoms with Crippen LogP contribution >= 0.6 is 23.4 Å². The largest absolute Gasteiger partial charge is 0.490 e. The molecule has 1 aromatic heterocycles. The average Bonchev–Trinajstić information content (AvgIpc) is 2.66. The van der Waals surface area contributed by atoms with E-state index in [1.807, 2.05) is 18.2 Å². The van der Waals surface area contributed by atoms with Gasteiger partial charge in [0.1, 0.15) is 5.03 Å². The number of nitrogens with two attached hydrogens (primary N) is 1. The molecule has 1 aliphatic heterocycles. The van der Waals surface area contributed by atoms with Gasteiger partial charge in [-0.3, -0.25) is 0 Å². The van der Waals surface area contributed by atoms with Crippen LogP contribution in [0.4, 0.5) is 5.69 Å². The molecule has 0 radical (unpaired) electrons. The number of anilines is 1. The van der Waals surface area contributed by atoms with E-state index in [2.05, 4.69) is 4.98 Å². The normalized spacial score (nSPS) is 13.8. The molecule has 1 aromatic carbocycles. The summed E-state index contributed by atoms with van der Waals surface area (Å²) in [4.78, 5) is 5.23. The summed E-state index contributed by atoms with van der Waals surface area (Å²) < 4.78 is 11.3. The number of aromatic nitrogens is 1. The Kier molecular flexibility index (Phi) is 3.89. The van der Waals surface area contributed by atoms with E-state index in [4.69, 9.17) is 26.8 Å². The molecule has 4 nitrogen and oxygen atoms in total. The monoisotopic (exact) mass is 308 g/mol. The summed E-state index contributed by atoms with van der Waals surface area (Å²) >= 11 is 7.32. The van der Waals surface area contributed by atoms with E-state index < -0.39 is 0 Å². The lowest BCUT2D eigenvalue weighted by Gasteiger charge is -2.09. The van der Waals surface area contributed by atoms with Crippen molar-refractivity contribution in [3.8, 4) is 11.5 Å². The highest BCUT2D eigenvalue weighted by Crippen LogP contribution is 2.37. The van der Waals surface area contributed by atoms with Crippen LogP contribution in [0.3, 0.4) is 0 Å². The standard InChI is InChI=1S/C14H13ClN2O2S/c15-9-6-11(16)14(17-8-9)20-10-2-3-12-13(7-10)19-5-1-4-18-12/h2-3,6-8H,1,4-5,16H2. The Bertz CT molecular complexity index is 637. The molecular weight excluding hydrogens is 296 g/mol. The molecule has 0 atom stereocenters. The molecule has 20 heavy (non-hydrogen) atoms. The van der Waals surface area contributed by atoms with Crippen LogP contribution in [0.1, 0.15) is 6.42 Å². The summed E-state index contributed by atoms with van der Waals surface area (Å²) in [6.07, 6.45) is 2.48. The molecule has 0 unspecified atom stereocenters. The van der Waals surface area contributed by atoms with Gasteiger partial charge < -0.3 is 15.2 Å². The summed E-state index contributed by atoms with van der Waals surface area (Å²) in [5.74, 6) is 1.55. The van der Waals surface area contributed by atoms with E-state index in [1.165, 1.54) is 11.8 Å². The third kappa shape index (κ3) is 2.94. The van der Waals surface area contributed by atoms with Crippen molar-refractivity contribution in [1.82, 2.24) is 4.98 Å². The first kappa shape index (κ1) is 13.4. The number of benzene rings is 1. The highest BCUT2D eigenvalue weighted by Gasteiger charge is 2.12. The number of rotatable bonds is 2. The molecule has 6 heteroatoms. The molecule has 104 valence electrons. The number of ether oxygens (including phenoxy) is 2. The molecule has 0 fully saturated rings. The van der Waals surface area contributed by atoms with Gasteiger partial charge >= 0.3 is 0 Å². The molecule has 0 bridgehead atoms. The third-order valence-electron chi connectivity index (χ3n) is 2.78. The van der Waals surface area contributed by atoms with E-state index in [1.54, 1.807) is 12.3 Å². The van der Waals surface area contributed by atoms with Crippen LogP contribution in [0.2, 0.25) is 5.02 Å².